The molecule has 0 heterocycles. The van der Waals surface area contributed by atoms with Gasteiger partial charge < -0.3 is 0 Å². The summed E-state index contributed by atoms with van der Waals surface area (Å²) in [4.78, 5) is 0. The summed E-state index contributed by atoms with van der Waals surface area (Å²) in [5.74, 6) is -0.620. The van der Waals surface area contributed by atoms with Crippen LogP contribution in [0.2, 0.25) is 0 Å². The molecule has 0 fully saturated rings. The molecule has 0 amide bonds. The maximum atomic E-state index is 10.4. The molecule has 0 radical (unpaired) electrons. The van der Waals surface area contributed by atoms with E-state index in [2.05, 4.69) is 0 Å². The zero-order valence-corrected chi connectivity index (χ0v) is 8.90. The van der Waals surface area contributed by atoms with Gasteiger partial charge >= 0.3 is 85.6 Å². The van der Waals surface area contributed by atoms with Crippen LogP contribution < -0.4 is 0 Å². The van der Waals surface area contributed by atoms with Crippen molar-refractivity contribution >= 4 is 31.6 Å². The van der Waals surface area contributed by atoms with Crippen LogP contribution in [-0.4, -0.2) is 58.5 Å². The second-order valence-corrected chi connectivity index (χ2v) is 4.50. The SMILES string of the molecule is BB=BOCC(CO)CCS(=O)(=O)O. The van der Waals surface area contributed by atoms with Crippen molar-refractivity contribution in [2.75, 3.05) is 19.0 Å². The van der Waals surface area contributed by atoms with Crippen LogP contribution in [0.1, 0.15) is 6.42 Å². The molecule has 0 aromatic rings. The molecular weight excluding hydrogens is 205 g/mol. The van der Waals surface area contributed by atoms with Crippen molar-refractivity contribution in [2.24, 2.45) is 5.92 Å². The Morgan fingerprint density at radius 2 is 2.14 bits per heavy atom. The van der Waals surface area contributed by atoms with E-state index in [-0.39, 0.29) is 31.3 Å². The van der Waals surface area contributed by atoms with Crippen molar-refractivity contribution in [3.05, 3.63) is 0 Å². The fourth-order valence-corrected chi connectivity index (χ4v) is 1.46. The Morgan fingerprint density at radius 3 is 2.57 bits per heavy atom. The predicted molar refractivity (Wildman–Crippen MR) is 57.6 cm³/mol. The molecule has 78 valence electrons. The van der Waals surface area contributed by atoms with Gasteiger partial charge in [0, 0.05) is 0 Å². The van der Waals surface area contributed by atoms with E-state index in [4.69, 9.17) is 14.3 Å². The first-order valence-electron chi connectivity index (χ1n) is 4.28. The molecule has 0 saturated carbocycles. The van der Waals surface area contributed by atoms with Crippen LogP contribution in [0.4, 0.5) is 0 Å². The van der Waals surface area contributed by atoms with Crippen LogP contribution in [0.5, 0.6) is 0 Å². The van der Waals surface area contributed by atoms with Crippen LogP contribution in [0.25, 0.3) is 0 Å². The fourth-order valence-electron chi connectivity index (χ4n) is 0.831. The summed E-state index contributed by atoms with van der Waals surface area (Å²) >= 11 is 0. The third kappa shape index (κ3) is 8.46. The first-order chi connectivity index (χ1) is 6.49. The molecule has 14 heavy (non-hydrogen) atoms. The van der Waals surface area contributed by atoms with Crippen LogP contribution in [0.15, 0.2) is 0 Å². The van der Waals surface area contributed by atoms with Crippen molar-refractivity contribution < 1.29 is 22.7 Å². The van der Waals surface area contributed by atoms with Gasteiger partial charge in [-0.2, -0.15) is 0 Å². The van der Waals surface area contributed by atoms with Crippen molar-refractivity contribution in [1.82, 2.24) is 0 Å². The average molecular weight is 218 g/mol. The van der Waals surface area contributed by atoms with E-state index >= 15 is 0 Å². The van der Waals surface area contributed by atoms with E-state index in [1.165, 1.54) is 7.00 Å². The van der Waals surface area contributed by atoms with E-state index in [0.717, 1.165) is 0 Å². The van der Waals surface area contributed by atoms with E-state index in [0.29, 0.717) is 0 Å². The van der Waals surface area contributed by atoms with Gasteiger partial charge in [-0.05, 0) is 0 Å². The zero-order valence-electron chi connectivity index (χ0n) is 8.09. The Morgan fingerprint density at radius 1 is 1.50 bits per heavy atom. The molecular formula is C5H13B3O5S. The van der Waals surface area contributed by atoms with Crippen molar-refractivity contribution in [3.63, 3.8) is 0 Å². The second-order valence-electron chi connectivity index (χ2n) is 2.93. The van der Waals surface area contributed by atoms with Gasteiger partial charge in [0.15, 0.2) is 0 Å². The molecule has 0 aliphatic carbocycles. The molecule has 0 spiro atoms. The molecule has 5 nitrogen and oxygen atoms in total. The standard InChI is InChI=1S/C5H13B3O5S/c6-7-8-13-4-5(3-9)1-2-14(10,11)12/h5,9H,1-4,6H2,(H,10,11,12). The van der Waals surface area contributed by atoms with Crippen molar-refractivity contribution in [2.45, 2.75) is 6.42 Å². The van der Waals surface area contributed by atoms with Gasteiger partial charge in [-0.3, -0.25) is 0 Å². The molecule has 0 aromatic heterocycles. The number of hydrogen-bond donors (Lipinski definition) is 2. The minimum atomic E-state index is -3.94. The van der Waals surface area contributed by atoms with Crippen LogP contribution in [-0.2, 0) is 14.8 Å². The molecule has 0 saturated heterocycles. The van der Waals surface area contributed by atoms with Gasteiger partial charge in [-0.25, -0.2) is 0 Å². The van der Waals surface area contributed by atoms with Crippen LogP contribution in [0.3, 0.4) is 0 Å². The zero-order chi connectivity index (χ0) is 11.0. The summed E-state index contributed by atoms with van der Waals surface area (Å²) in [5, 5.41) is 8.84. The molecule has 0 aliphatic heterocycles. The monoisotopic (exact) mass is 218 g/mol. The predicted octanol–water partition coefficient (Wildman–Crippen LogP) is -2.32. The number of aliphatic hydroxyl groups excluding tert-OH is 1. The first-order valence-corrected chi connectivity index (χ1v) is 5.89. The number of rotatable bonds is 7. The summed E-state index contributed by atoms with van der Waals surface area (Å²) in [6.45, 7) is 1.78. The Hall–Kier alpha value is -0.135. The molecule has 0 aliphatic rings. The summed E-state index contributed by atoms with van der Waals surface area (Å²) < 4.78 is 34.3. The molecule has 0 bridgehead atoms. The minimum absolute atomic E-state index is 0.160. The number of aliphatic hydroxyl groups is 1. The summed E-state index contributed by atoms with van der Waals surface area (Å²) in [6, 6.07) is 0. The van der Waals surface area contributed by atoms with Gasteiger partial charge in [0.2, 0.25) is 0 Å². The summed E-state index contributed by atoms with van der Waals surface area (Å²) in [5.41, 5.74) is 0. The summed E-state index contributed by atoms with van der Waals surface area (Å²) in [6.07, 6.45) is 0.187. The fraction of sp³-hybridized carbons (Fsp3) is 1.00. The van der Waals surface area contributed by atoms with Crippen LogP contribution in [0, 0.1) is 5.92 Å². The quantitative estimate of drug-likeness (QED) is 0.369. The van der Waals surface area contributed by atoms with Crippen LogP contribution >= 0.6 is 0 Å². The molecule has 1 atom stereocenters. The third-order valence-corrected chi connectivity index (χ3v) is 2.36. The first kappa shape index (κ1) is 13.9. The average Bonchev–Trinajstić information content (AvgIpc) is 2.09. The van der Waals surface area contributed by atoms with Gasteiger partial charge in [0.05, 0.1) is 0 Å². The van der Waals surface area contributed by atoms with E-state index in [1.807, 2.05) is 0 Å². The molecule has 9 heteroatoms. The van der Waals surface area contributed by atoms with Crippen molar-refractivity contribution in [1.29, 1.82) is 0 Å². The normalized spacial score (nSPS) is 13.3. The Kier molecular flexibility index (Phi) is 7.13. The maximum absolute atomic E-state index is 10.4. The van der Waals surface area contributed by atoms with Gasteiger partial charge in [0.1, 0.15) is 0 Å². The van der Waals surface area contributed by atoms with Gasteiger partial charge in [-0.15, -0.1) is 0 Å². The molecule has 0 rings (SSSR count). The second kappa shape index (κ2) is 7.20. The van der Waals surface area contributed by atoms with Crippen molar-refractivity contribution in [3.8, 4) is 0 Å². The molecule has 0 aromatic carbocycles. The number of hydrogen-bond acceptors (Lipinski definition) is 4. The van der Waals surface area contributed by atoms with Gasteiger partial charge in [0.25, 0.3) is 0 Å². The van der Waals surface area contributed by atoms with Gasteiger partial charge in [-0.1, -0.05) is 0 Å². The Balaban J connectivity index is 3.80. The van der Waals surface area contributed by atoms with E-state index < -0.39 is 10.1 Å². The topological polar surface area (TPSA) is 83.8 Å². The molecule has 1 unspecified atom stereocenters. The van der Waals surface area contributed by atoms with E-state index in [1.54, 1.807) is 14.4 Å². The van der Waals surface area contributed by atoms with E-state index in [9.17, 15) is 8.42 Å². The molecule has 2 N–H and O–H groups in total. The third-order valence-electron chi connectivity index (χ3n) is 1.61. The Labute approximate surface area is 86.1 Å². The Bertz CT molecular complexity index is 265. The summed E-state index contributed by atoms with van der Waals surface area (Å²) in [7, 11) is -0.692.